The Morgan fingerprint density at radius 1 is 1.05 bits per heavy atom. The number of amides is 1. The fourth-order valence-electron chi connectivity index (χ4n) is 5.49. The number of aromatic carboxylic acids is 1. The predicted octanol–water partition coefficient (Wildman–Crippen LogP) is 4.62. The molecular formula is C28H30F2N6O3. The van der Waals surface area contributed by atoms with Crippen LogP contribution in [-0.2, 0) is 13.0 Å². The van der Waals surface area contributed by atoms with Gasteiger partial charge in [0.25, 0.3) is 5.91 Å². The van der Waals surface area contributed by atoms with E-state index in [1.807, 2.05) is 30.9 Å². The van der Waals surface area contributed by atoms with E-state index < -0.39 is 17.6 Å². The van der Waals surface area contributed by atoms with E-state index >= 15 is 0 Å². The first-order valence-electron chi connectivity index (χ1n) is 13.2. The van der Waals surface area contributed by atoms with Crippen molar-refractivity contribution in [2.45, 2.75) is 58.2 Å². The SMILES string of the molecule is CC.O=C(O)c1cnn2c1CCC(NC(=O)c1cnn3ccc(N4CCCC4c4cc(F)ccc4F)cc13)C2. The highest BCUT2D eigenvalue weighted by molar-refractivity contribution is 6.01. The summed E-state index contributed by atoms with van der Waals surface area (Å²) in [6, 6.07) is 6.72. The minimum atomic E-state index is -1.01. The quantitative estimate of drug-likeness (QED) is 0.386. The second-order valence-corrected chi connectivity index (χ2v) is 9.49. The van der Waals surface area contributed by atoms with Crippen LogP contribution in [0, 0.1) is 11.6 Å². The fourth-order valence-corrected chi connectivity index (χ4v) is 5.49. The average molecular weight is 537 g/mol. The Bertz CT molecular complexity index is 1530. The van der Waals surface area contributed by atoms with Crippen LogP contribution in [0.25, 0.3) is 5.52 Å². The van der Waals surface area contributed by atoms with E-state index in [0.717, 1.165) is 24.2 Å². The topological polar surface area (TPSA) is 105 Å². The van der Waals surface area contributed by atoms with E-state index in [1.54, 1.807) is 15.4 Å². The molecule has 2 unspecified atom stereocenters. The summed E-state index contributed by atoms with van der Waals surface area (Å²) in [5.74, 6) is -2.21. The van der Waals surface area contributed by atoms with Gasteiger partial charge in [-0.15, -0.1) is 0 Å². The van der Waals surface area contributed by atoms with Gasteiger partial charge in [-0.25, -0.2) is 18.1 Å². The number of anilines is 1. The van der Waals surface area contributed by atoms with E-state index in [4.69, 9.17) is 0 Å². The van der Waals surface area contributed by atoms with E-state index in [2.05, 4.69) is 15.5 Å². The number of hydrogen-bond donors (Lipinski definition) is 2. The van der Waals surface area contributed by atoms with Gasteiger partial charge in [0.15, 0.2) is 0 Å². The molecule has 1 aromatic carbocycles. The summed E-state index contributed by atoms with van der Waals surface area (Å²) in [7, 11) is 0. The Morgan fingerprint density at radius 2 is 1.85 bits per heavy atom. The van der Waals surface area contributed by atoms with Gasteiger partial charge in [0, 0.05) is 30.0 Å². The van der Waals surface area contributed by atoms with Crippen molar-refractivity contribution in [2.75, 3.05) is 11.4 Å². The highest BCUT2D eigenvalue weighted by Crippen LogP contribution is 2.38. The number of carbonyl (C=O) groups is 2. The molecule has 5 heterocycles. The van der Waals surface area contributed by atoms with E-state index in [0.29, 0.717) is 54.7 Å². The molecule has 0 aliphatic carbocycles. The number of nitrogens with one attached hydrogen (secondary N) is 1. The van der Waals surface area contributed by atoms with Crippen LogP contribution in [0.5, 0.6) is 0 Å². The maximum absolute atomic E-state index is 14.5. The van der Waals surface area contributed by atoms with Crippen molar-refractivity contribution < 1.29 is 23.5 Å². The number of rotatable bonds is 5. The highest BCUT2D eigenvalue weighted by Gasteiger charge is 2.30. The van der Waals surface area contributed by atoms with E-state index in [9.17, 15) is 23.5 Å². The van der Waals surface area contributed by atoms with Gasteiger partial charge in [-0.1, -0.05) is 13.8 Å². The van der Waals surface area contributed by atoms with Crippen LogP contribution in [0.4, 0.5) is 14.5 Å². The van der Waals surface area contributed by atoms with Crippen molar-refractivity contribution in [2.24, 2.45) is 0 Å². The third-order valence-electron chi connectivity index (χ3n) is 7.29. The van der Waals surface area contributed by atoms with Gasteiger partial charge in [0.1, 0.15) is 17.2 Å². The predicted molar refractivity (Wildman–Crippen MR) is 141 cm³/mol. The molecule has 2 N–H and O–H groups in total. The number of nitrogens with zero attached hydrogens (tertiary/aromatic N) is 5. The third-order valence-corrected chi connectivity index (χ3v) is 7.29. The van der Waals surface area contributed by atoms with Crippen LogP contribution in [0.2, 0.25) is 0 Å². The summed E-state index contributed by atoms with van der Waals surface area (Å²) in [6.45, 7) is 5.06. The lowest BCUT2D eigenvalue weighted by Crippen LogP contribution is -2.41. The smallest absolute Gasteiger partial charge is 0.339 e. The van der Waals surface area contributed by atoms with Gasteiger partial charge in [0.2, 0.25) is 0 Å². The van der Waals surface area contributed by atoms with Crippen LogP contribution in [-0.4, -0.2) is 49.0 Å². The third kappa shape index (κ3) is 4.96. The molecule has 39 heavy (non-hydrogen) atoms. The molecule has 4 aromatic rings. The largest absolute Gasteiger partial charge is 0.478 e. The number of pyridine rings is 1. The lowest BCUT2D eigenvalue weighted by molar-refractivity contribution is 0.0694. The molecule has 0 spiro atoms. The number of hydrogen-bond acceptors (Lipinski definition) is 5. The molecule has 1 saturated heterocycles. The van der Waals surface area contributed by atoms with Crippen molar-refractivity contribution in [1.82, 2.24) is 24.7 Å². The van der Waals surface area contributed by atoms with Crippen LogP contribution in [0.3, 0.4) is 0 Å². The Balaban J connectivity index is 0.00000151. The molecule has 11 heteroatoms. The van der Waals surface area contributed by atoms with Crippen LogP contribution < -0.4 is 10.2 Å². The number of carboxylic acids is 1. The number of fused-ring (bicyclic) bond motifs is 2. The van der Waals surface area contributed by atoms with Crippen molar-refractivity contribution in [1.29, 1.82) is 0 Å². The number of benzene rings is 1. The second-order valence-electron chi connectivity index (χ2n) is 9.49. The number of aromatic nitrogens is 4. The molecule has 3 aromatic heterocycles. The Morgan fingerprint density at radius 3 is 2.64 bits per heavy atom. The molecule has 1 fully saturated rings. The van der Waals surface area contributed by atoms with Crippen molar-refractivity contribution >= 4 is 23.1 Å². The molecule has 2 atom stereocenters. The zero-order valence-electron chi connectivity index (χ0n) is 21.8. The molecule has 2 aliphatic rings. The highest BCUT2D eigenvalue weighted by atomic mass is 19.1. The standard InChI is InChI=1S/C26H24F2N6O3.C2H6/c27-15-3-5-21(28)18(10-15)22-2-1-8-32(22)17-7-9-33-24(11-17)19(12-29-33)25(35)31-16-4-6-23-20(26(36)37)13-30-34(23)14-16;1-2/h3,5,7,9-13,16,22H,1-2,4,6,8,14H2,(H,31,35)(H,36,37);1-2H3. The Labute approximate surface area is 224 Å². The maximum atomic E-state index is 14.5. The second kappa shape index (κ2) is 10.8. The van der Waals surface area contributed by atoms with Crippen LogP contribution in [0.15, 0.2) is 48.9 Å². The average Bonchev–Trinajstić information content (AvgIpc) is 3.68. The number of carboxylic acid groups (broad SMARTS) is 1. The van der Waals surface area contributed by atoms with Crippen molar-refractivity contribution in [3.8, 4) is 0 Å². The van der Waals surface area contributed by atoms with Gasteiger partial charge >= 0.3 is 5.97 Å². The molecule has 0 bridgehead atoms. The number of carbonyl (C=O) groups excluding carboxylic acids is 1. The minimum absolute atomic E-state index is 0.193. The summed E-state index contributed by atoms with van der Waals surface area (Å²) >= 11 is 0. The first-order valence-corrected chi connectivity index (χ1v) is 13.2. The molecule has 204 valence electrons. The first kappa shape index (κ1) is 26.3. The molecular weight excluding hydrogens is 506 g/mol. The lowest BCUT2D eigenvalue weighted by atomic mass is 10.0. The van der Waals surface area contributed by atoms with E-state index in [1.165, 1.54) is 18.5 Å². The summed E-state index contributed by atoms with van der Waals surface area (Å²) < 4.78 is 31.7. The normalized spacial score (nSPS) is 18.4. The Hall–Kier alpha value is -4.28. The van der Waals surface area contributed by atoms with Crippen LogP contribution >= 0.6 is 0 Å². The van der Waals surface area contributed by atoms with E-state index in [-0.39, 0.29) is 23.6 Å². The van der Waals surface area contributed by atoms with Crippen molar-refractivity contribution in [3.05, 3.63) is 82.9 Å². The summed E-state index contributed by atoms with van der Waals surface area (Å²) in [5.41, 5.74) is 2.97. The lowest BCUT2D eigenvalue weighted by Gasteiger charge is -2.27. The fraction of sp³-hybridized carbons (Fsp3) is 0.357. The first-order chi connectivity index (χ1) is 18.9. The van der Waals surface area contributed by atoms with Crippen molar-refractivity contribution in [3.63, 3.8) is 0 Å². The minimum Gasteiger partial charge on any atom is -0.478 e. The van der Waals surface area contributed by atoms with Gasteiger partial charge < -0.3 is 15.3 Å². The monoisotopic (exact) mass is 536 g/mol. The number of halogens is 2. The molecule has 0 radical (unpaired) electrons. The van der Waals surface area contributed by atoms with Crippen LogP contribution in [0.1, 0.15) is 71.1 Å². The molecule has 6 rings (SSSR count). The van der Waals surface area contributed by atoms with Gasteiger partial charge in [-0.05, 0) is 56.0 Å². The molecule has 0 saturated carbocycles. The summed E-state index contributed by atoms with van der Waals surface area (Å²) in [5, 5.41) is 20.8. The maximum Gasteiger partial charge on any atom is 0.339 e. The summed E-state index contributed by atoms with van der Waals surface area (Å²) in [6.07, 6.45) is 7.22. The van der Waals surface area contributed by atoms with Gasteiger partial charge in [-0.3, -0.25) is 9.48 Å². The van der Waals surface area contributed by atoms with Gasteiger partial charge in [0.05, 0.1) is 41.8 Å². The molecule has 2 aliphatic heterocycles. The molecule has 1 amide bonds. The zero-order valence-corrected chi connectivity index (χ0v) is 21.8. The summed E-state index contributed by atoms with van der Waals surface area (Å²) in [4.78, 5) is 26.6. The zero-order chi connectivity index (χ0) is 27.7. The Kier molecular flexibility index (Phi) is 7.32. The molecule has 9 nitrogen and oxygen atoms in total. The van der Waals surface area contributed by atoms with Gasteiger partial charge in [-0.2, -0.15) is 10.2 Å².